The molecule has 2 nitrogen and oxygen atoms in total. The van der Waals surface area contributed by atoms with E-state index in [1.165, 1.54) is 53.8 Å². The van der Waals surface area contributed by atoms with Gasteiger partial charge in [0.05, 0.1) is 12.7 Å². The van der Waals surface area contributed by atoms with E-state index in [1.807, 2.05) is 0 Å². The van der Waals surface area contributed by atoms with Gasteiger partial charge in [-0.25, -0.2) is 4.98 Å². The first-order chi connectivity index (χ1) is 8.83. The Morgan fingerprint density at radius 3 is 3.00 bits per heavy atom. The number of thiazole rings is 1. The lowest BCUT2D eigenvalue weighted by molar-refractivity contribution is 0.686. The molecule has 0 saturated carbocycles. The molecule has 2 aromatic rings. The number of halogens is 1. The van der Waals surface area contributed by atoms with Gasteiger partial charge >= 0.3 is 0 Å². The fraction of sp³-hybridized carbons (Fsp3) is 0.357. The van der Waals surface area contributed by atoms with Crippen LogP contribution in [0.4, 0.5) is 5.69 Å². The maximum Gasteiger partial charge on any atom is 0.113 e. The second kappa shape index (κ2) is 5.29. The number of nitrogens with one attached hydrogen (secondary N) is 1. The maximum atomic E-state index is 5.89. The molecule has 1 aromatic heterocycles. The van der Waals surface area contributed by atoms with Crippen molar-refractivity contribution in [1.29, 1.82) is 0 Å². The summed E-state index contributed by atoms with van der Waals surface area (Å²) in [6.45, 7) is 0.758. The van der Waals surface area contributed by atoms with Crippen LogP contribution in [0.15, 0.2) is 24.4 Å². The molecule has 0 bridgehead atoms. The zero-order valence-corrected chi connectivity index (χ0v) is 11.7. The average molecular weight is 279 g/mol. The van der Waals surface area contributed by atoms with Crippen LogP contribution in [0.2, 0.25) is 4.34 Å². The van der Waals surface area contributed by atoms with Gasteiger partial charge in [-0.15, -0.1) is 11.3 Å². The molecule has 1 aliphatic rings. The molecule has 1 N–H and O–H groups in total. The van der Waals surface area contributed by atoms with Crippen LogP contribution in [0.25, 0.3) is 0 Å². The predicted molar refractivity (Wildman–Crippen MR) is 77.5 cm³/mol. The van der Waals surface area contributed by atoms with Crippen molar-refractivity contribution < 1.29 is 0 Å². The van der Waals surface area contributed by atoms with Gasteiger partial charge in [-0.2, -0.15) is 0 Å². The fourth-order valence-corrected chi connectivity index (χ4v) is 3.38. The SMILES string of the molecule is Clc1cnc(CNc2cccc3c2CCCC3)s1. The minimum Gasteiger partial charge on any atom is -0.378 e. The van der Waals surface area contributed by atoms with Crippen LogP contribution < -0.4 is 5.32 Å². The normalized spacial score (nSPS) is 14.3. The van der Waals surface area contributed by atoms with Gasteiger partial charge < -0.3 is 5.32 Å². The molecular weight excluding hydrogens is 264 g/mol. The second-order valence-corrected chi connectivity index (χ2v) is 6.31. The van der Waals surface area contributed by atoms with Crippen molar-refractivity contribution in [1.82, 2.24) is 4.98 Å². The predicted octanol–water partition coefficient (Wildman–Crippen LogP) is 4.29. The fourth-order valence-electron chi connectivity index (χ4n) is 2.49. The summed E-state index contributed by atoms with van der Waals surface area (Å²) in [5.74, 6) is 0. The second-order valence-electron chi connectivity index (χ2n) is 4.56. The van der Waals surface area contributed by atoms with Crippen molar-refractivity contribution in [2.45, 2.75) is 32.2 Å². The molecule has 0 atom stereocenters. The number of nitrogens with zero attached hydrogens (tertiary/aromatic N) is 1. The number of aryl methyl sites for hydroxylation is 1. The first-order valence-electron chi connectivity index (χ1n) is 6.28. The lowest BCUT2D eigenvalue weighted by atomic mass is 9.90. The molecule has 0 amide bonds. The summed E-state index contributed by atoms with van der Waals surface area (Å²) in [5, 5.41) is 4.53. The number of benzene rings is 1. The minimum absolute atomic E-state index is 0.752. The van der Waals surface area contributed by atoms with E-state index in [0.717, 1.165) is 15.9 Å². The van der Waals surface area contributed by atoms with Crippen LogP contribution >= 0.6 is 22.9 Å². The van der Waals surface area contributed by atoms with Gasteiger partial charge in [-0.05, 0) is 42.9 Å². The highest BCUT2D eigenvalue weighted by Gasteiger charge is 2.12. The van der Waals surface area contributed by atoms with Crippen molar-refractivity contribution in [3.8, 4) is 0 Å². The van der Waals surface area contributed by atoms with E-state index in [-0.39, 0.29) is 0 Å². The molecule has 0 radical (unpaired) electrons. The van der Waals surface area contributed by atoms with Gasteiger partial charge in [0.1, 0.15) is 9.34 Å². The minimum atomic E-state index is 0.752. The Kier molecular flexibility index (Phi) is 3.52. The smallest absolute Gasteiger partial charge is 0.113 e. The van der Waals surface area contributed by atoms with Crippen LogP contribution in [0.5, 0.6) is 0 Å². The third-order valence-corrected chi connectivity index (χ3v) is 4.47. The summed E-state index contributed by atoms with van der Waals surface area (Å²) >= 11 is 7.42. The molecule has 1 aromatic carbocycles. The van der Waals surface area contributed by atoms with Crippen molar-refractivity contribution in [3.05, 3.63) is 44.9 Å². The summed E-state index contributed by atoms with van der Waals surface area (Å²) in [6, 6.07) is 6.56. The molecule has 3 rings (SSSR count). The van der Waals surface area contributed by atoms with E-state index in [0.29, 0.717) is 0 Å². The number of anilines is 1. The lowest BCUT2D eigenvalue weighted by Gasteiger charge is -2.19. The summed E-state index contributed by atoms with van der Waals surface area (Å²) < 4.78 is 0.752. The molecule has 0 unspecified atom stereocenters. The van der Waals surface area contributed by atoms with E-state index in [1.54, 1.807) is 6.20 Å². The van der Waals surface area contributed by atoms with Crippen molar-refractivity contribution >= 4 is 28.6 Å². The van der Waals surface area contributed by atoms with Gasteiger partial charge in [0, 0.05) is 5.69 Å². The molecule has 18 heavy (non-hydrogen) atoms. The van der Waals surface area contributed by atoms with E-state index >= 15 is 0 Å². The summed E-state index contributed by atoms with van der Waals surface area (Å²) in [5.41, 5.74) is 4.26. The quantitative estimate of drug-likeness (QED) is 0.906. The molecule has 94 valence electrons. The molecule has 0 saturated heterocycles. The van der Waals surface area contributed by atoms with Crippen LogP contribution in [0.1, 0.15) is 29.0 Å². The van der Waals surface area contributed by atoms with Crippen molar-refractivity contribution in [2.24, 2.45) is 0 Å². The lowest BCUT2D eigenvalue weighted by Crippen LogP contribution is -2.08. The van der Waals surface area contributed by atoms with E-state index in [2.05, 4.69) is 28.5 Å². The monoisotopic (exact) mass is 278 g/mol. The van der Waals surface area contributed by atoms with E-state index in [4.69, 9.17) is 11.6 Å². The summed E-state index contributed by atoms with van der Waals surface area (Å²) in [6.07, 6.45) is 6.74. The highest BCUT2D eigenvalue weighted by atomic mass is 35.5. The Morgan fingerprint density at radius 1 is 1.28 bits per heavy atom. The first kappa shape index (κ1) is 12.0. The van der Waals surface area contributed by atoms with Crippen LogP contribution in [0, 0.1) is 0 Å². The van der Waals surface area contributed by atoms with Crippen LogP contribution in [-0.4, -0.2) is 4.98 Å². The Balaban J connectivity index is 1.76. The Hall–Kier alpha value is -1.06. The van der Waals surface area contributed by atoms with E-state index < -0.39 is 0 Å². The third kappa shape index (κ3) is 2.52. The highest BCUT2D eigenvalue weighted by Crippen LogP contribution is 2.28. The third-order valence-electron chi connectivity index (χ3n) is 3.35. The molecule has 1 heterocycles. The zero-order chi connectivity index (χ0) is 12.4. The van der Waals surface area contributed by atoms with Gasteiger partial charge in [0.25, 0.3) is 0 Å². The van der Waals surface area contributed by atoms with Crippen molar-refractivity contribution in [3.63, 3.8) is 0 Å². The molecule has 0 spiro atoms. The van der Waals surface area contributed by atoms with Gasteiger partial charge in [0.15, 0.2) is 0 Å². The number of rotatable bonds is 3. The van der Waals surface area contributed by atoms with Gasteiger partial charge in [-0.3, -0.25) is 0 Å². The molecule has 0 fully saturated rings. The Bertz CT molecular complexity index is 550. The standard InChI is InChI=1S/C14H15ClN2S/c15-13-8-17-14(18-13)9-16-12-7-3-5-10-4-1-2-6-11(10)12/h3,5,7-8,16H,1-2,4,6,9H2. The van der Waals surface area contributed by atoms with E-state index in [9.17, 15) is 0 Å². The molecule has 1 aliphatic carbocycles. The largest absolute Gasteiger partial charge is 0.378 e. The number of hydrogen-bond donors (Lipinski definition) is 1. The zero-order valence-electron chi connectivity index (χ0n) is 10.1. The number of fused-ring (bicyclic) bond motifs is 1. The maximum absolute atomic E-state index is 5.89. The van der Waals surface area contributed by atoms with Crippen molar-refractivity contribution in [2.75, 3.05) is 5.32 Å². The Morgan fingerprint density at radius 2 is 2.17 bits per heavy atom. The van der Waals surface area contributed by atoms with Gasteiger partial charge in [-0.1, -0.05) is 23.7 Å². The Labute approximate surface area is 116 Å². The van der Waals surface area contributed by atoms with Gasteiger partial charge in [0.2, 0.25) is 0 Å². The van der Waals surface area contributed by atoms with Crippen LogP contribution in [-0.2, 0) is 19.4 Å². The topological polar surface area (TPSA) is 24.9 Å². The average Bonchev–Trinajstić information content (AvgIpc) is 2.82. The highest BCUT2D eigenvalue weighted by molar-refractivity contribution is 7.15. The number of aromatic nitrogens is 1. The molecular formula is C14H15ClN2S. The number of hydrogen-bond acceptors (Lipinski definition) is 3. The molecule has 4 heteroatoms. The van der Waals surface area contributed by atoms with Crippen LogP contribution in [0.3, 0.4) is 0 Å². The first-order valence-corrected chi connectivity index (χ1v) is 7.47. The summed E-state index contributed by atoms with van der Waals surface area (Å²) in [4.78, 5) is 4.27. The molecule has 0 aliphatic heterocycles. The summed E-state index contributed by atoms with van der Waals surface area (Å²) in [7, 11) is 0.